The molecular weight excluding hydrogens is 560 g/mol. The minimum absolute atomic E-state index is 0.0351. The van der Waals surface area contributed by atoms with Crippen molar-refractivity contribution in [2.75, 3.05) is 52.9 Å². The molecule has 2 atom stereocenters. The van der Waals surface area contributed by atoms with Crippen molar-refractivity contribution in [2.24, 2.45) is 0 Å². The van der Waals surface area contributed by atoms with Crippen LogP contribution in [0.3, 0.4) is 0 Å². The lowest BCUT2D eigenvalue weighted by atomic mass is 10.1. The Balaban J connectivity index is 1.48. The lowest BCUT2D eigenvalue weighted by molar-refractivity contribution is -0.147. The highest BCUT2D eigenvalue weighted by atomic mass is 16.6. The number of ether oxygens (including phenoxy) is 6. The number of rotatable bonds is 27. The fraction of sp³-hybridized carbons (Fsp3) is 0.611. The number of unbranched alkanes of at least 4 members (excludes halogenated alkanes) is 3. The van der Waals surface area contributed by atoms with E-state index in [1.54, 1.807) is 0 Å². The van der Waals surface area contributed by atoms with E-state index in [9.17, 15) is 9.59 Å². The highest BCUT2D eigenvalue weighted by molar-refractivity contribution is 5.70. The first kappa shape index (κ1) is 37.4. The average molecular weight is 615 g/mol. The van der Waals surface area contributed by atoms with Gasteiger partial charge in [-0.2, -0.15) is 0 Å². The van der Waals surface area contributed by atoms with Crippen LogP contribution in [0.25, 0.3) is 0 Å². The fourth-order valence-corrected chi connectivity index (χ4v) is 4.42. The molecule has 0 fully saturated rings. The van der Waals surface area contributed by atoms with Gasteiger partial charge >= 0.3 is 11.9 Å². The van der Waals surface area contributed by atoms with Crippen LogP contribution >= 0.6 is 0 Å². The number of carbonyl (C=O) groups is 2. The van der Waals surface area contributed by atoms with Crippen molar-refractivity contribution in [2.45, 2.75) is 90.3 Å². The van der Waals surface area contributed by atoms with Gasteiger partial charge in [0.15, 0.2) is 0 Å². The normalized spacial score (nSPS) is 12.5. The van der Waals surface area contributed by atoms with Gasteiger partial charge in [-0.15, -0.1) is 0 Å². The Morgan fingerprint density at radius 1 is 0.545 bits per heavy atom. The molecule has 0 aliphatic carbocycles. The molecule has 8 heteroatoms. The van der Waals surface area contributed by atoms with Crippen LogP contribution < -0.4 is 0 Å². The summed E-state index contributed by atoms with van der Waals surface area (Å²) in [6.45, 7) is 7.62. The number of esters is 2. The monoisotopic (exact) mass is 614 g/mol. The van der Waals surface area contributed by atoms with Gasteiger partial charge in [-0.3, -0.25) is 9.59 Å². The van der Waals surface area contributed by atoms with Crippen molar-refractivity contribution < 1.29 is 38.0 Å². The lowest BCUT2D eigenvalue weighted by Gasteiger charge is -2.18. The molecule has 0 N–H and O–H groups in total. The summed E-state index contributed by atoms with van der Waals surface area (Å²) in [7, 11) is 0. The molecule has 0 aliphatic heterocycles. The third-order valence-electron chi connectivity index (χ3n) is 6.92. The van der Waals surface area contributed by atoms with E-state index in [2.05, 4.69) is 38.1 Å². The van der Waals surface area contributed by atoms with Crippen LogP contribution in [0.2, 0.25) is 0 Å². The third kappa shape index (κ3) is 19.5. The van der Waals surface area contributed by atoms with E-state index >= 15 is 0 Å². The standard InChI is InChI=1S/C36H54O8/c1-3-5-21-41-33(27-31-15-9-7-10-16-31)29-39-23-25-43-35(37)19-13-14-20-36(38)44-26-24-40-30-34(42-22-6-4-2)28-32-17-11-8-12-18-32/h7-12,15-18,33-34H,3-6,13-14,19-30H2,1-2H3. The zero-order valence-corrected chi connectivity index (χ0v) is 26.9. The van der Waals surface area contributed by atoms with Gasteiger partial charge in [-0.25, -0.2) is 0 Å². The van der Waals surface area contributed by atoms with Crippen LogP contribution in [0.4, 0.5) is 0 Å². The number of hydrogen-bond acceptors (Lipinski definition) is 8. The second-order valence-corrected chi connectivity index (χ2v) is 10.9. The zero-order chi connectivity index (χ0) is 31.5. The molecule has 0 spiro atoms. The summed E-state index contributed by atoms with van der Waals surface area (Å²) < 4.78 is 34.0. The molecule has 0 heterocycles. The molecule has 2 aromatic rings. The summed E-state index contributed by atoms with van der Waals surface area (Å²) in [5.41, 5.74) is 2.41. The first-order chi connectivity index (χ1) is 21.6. The van der Waals surface area contributed by atoms with Crippen molar-refractivity contribution in [3.8, 4) is 0 Å². The second kappa shape index (κ2) is 25.5. The van der Waals surface area contributed by atoms with Crippen molar-refractivity contribution in [3.05, 3.63) is 71.8 Å². The zero-order valence-electron chi connectivity index (χ0n) is 26.9. The Morgan fingerprint density at radius 2 is 0.955 bits per heavy atom. The fourth-order valence-electron chi connectivity index (χ4n) is 4.42. The van der Waals surface area contributed by atoms with Crippen LogP contribution in [-0.2, 0) is 50.9 Å². The maximum atomic E-state index is 12.1. The summed E-state index contributed by atoms with van der Waals surface area (Å²) in [6, 6.07) is 20.4. The van der Waals surface area contributed by atoms with Gasteiger partial charge in [0.25, 0.3) is 0 Å². The van der Waals surface area contributed by atoms with E-state index in [0.717, 1.165) is 38.5 Å². The minimum Gasteiger partial charge on any atom is -0.463 e. The molecule has 0 saturated carbocycles. The van der Waals surface area contributed by atoms with E-state index in [-0.39, 0.29) is 50.2 Å². The van der Waals surface area contributed by atoms with Crippen molar-refractivity contribution in [3.63, 3.8) is 0 Å². The first-order valence-corrected chi connectivity index (χ1v) is 16.4. The molecule has 0 amide bonds. The summed E-state index contributed by atoms with van der Waals surface area (Å²) in [4.78, 5) is 24.1. The van der Waals surface area contributed by atoms with Crippen LogP contribution in [0.15, 0.2) is 60.7 Å². The Kier molecular flexibility index (Phi) is 21.7. The van der Waals surface area contributed by atoms with Crippen LogP contribution in [0.5, 0.6) is 0 Å². The van der Waals surface area contributed by atoms with Crippen LogP contribution in [-0.4, -0.2) is 77.0 Å². The van der Waals surface area contributed by atoms with Gasteiger partial charge in [0.05, 0.1) is 38.6 Å². The maximum Gasteiger partial charge on any atom is 0.305 e. The van der Waals surface area contributed by atoms with E-state index in [0.29, 0.717) is 52.5 Å². The predicted octanol–water partition coefficient (Wildman–Crippen LogP) is 6.52. The van der Waals surface area contributed by atoms with Gasteiger partial charge < -0.3 is 28.4 Å². The molecule has 0 bridgehead atoms. The van der Waals surface area contributed by atoms with Crippen molar-refractivity contribution >= 4 is 11.9 Å². The van der Waals surface area contributed by atoms with E-state index < -0.39 is 0 Å². The molecule has 2 unspecified atom stereocenters. The van der Waals surface area contributed by atoms with Crippen LogP contribution in [0, 0.1) is 0 Å². The minimum atomic E-state index is -0.290. The lowest BCUT2D eigenvalue weighted by Crippen LogP contribution is -2.24. The van der Waals surface area contributed by atoms with E-state index in [1.165, 1.54) is 11.1 Å². The highest BCUT2D eigenvalue weighted by Crippen LogP contribution is 2.10. The molecule has 8 nitrogen and oxygen atoms in total. The molecule has 0 aliphatic rings. The molecule has 2 aromatic carbocycles. The van der Waals surface area contributed by atoms with Gasteiger partial charge in [0.2, 0.25) is 0 Å². The van der Waals surface area contributed by atoms with Gasteiger partial charge in [-0.05, 0) is 36.8 Å². The number of benzene rings is 2. The maximum absolute atomic E-state index is 12.1. The molecule has 0 aromatic heterocycles. The molecule has 44 heavy (non-hydrogen) atoms. The average Bonchev–Trinajstić information content (AvgIpc) is 3.03. The summed E-state index contributed by atoms with van der Waals surface area (Å²) in [6.07, 6.45) is 7.32. The van der Waals surface area contributed by atoms with E-state index in [1.807, 2.05) is 36.4 Å². The molecule has 0 radical (unpaired) electrons. The Morgan fingerprint density at radius 3 is 1.34 bits per heavy atom. The molecule has 246 valence electrons. The van der Waals surface area contributed by atoms with Crippen molar-refractivity contribution in [1.29, 1.82) is 0 Å². The Hall–Kier alpha value is -2.78. The third-order valence-corrected chi connectivity index (χ3v) is 6.92. The predicted molar refractivity (Wildman–Crippen MR) is 172 cm³/mol. The Bertz CT molecular complexity index is 889. The number of hydrogen-bond donors (Lipinski definition) is 0. The Labute approximate surface area is 264 Å². The van der Waals surface area contributed by atoms with Gasteiger partial charge in [0.1, 0.15) is 13.2 Å². The number of carbonyl (C=O) groups excluding carboxylic acids is 2. The summed E-state index contributed by atoms with van der Waals surface area (Å²) in [5.74, 6) is -0.580. The molecular formula is C36H54O8. The molecule has 2 rings (SSSR count). The second-order valence-electron chi connectivity index (χ2n) is 10.9. The largest absolute Gasteiger partial charge is 0.463 e. The van der Waals surface area contributed by atoms with Crippen molar-refractivity contribution in [1.82, 2.24) is 0 Å². The van der Waals surface area contributed by atoms with Gasteiger partial charge in [-0.1, -0.05) is 87.4 Å². The topological polar surface area (TPSA) is 89.5 Å². The van der Waals surface area contributed by atoms with Gasteiger partial charge in [0, 0.05) is 38.9 Å². The first-order valence-electron chi connectivity index (χ1n) is 16.4. The SMILES string of the molecule is CCCCOC(COCCOC(=O)CCCCC(=O)OCCOCC(Cc1ccccc1)OCCCC)Cc1ccccc1. The van der Waals surface area contributed by atoms with E-state index in [4.69, 9.17) is 28.4 Å². The summed E-state index contributed by atoms with van der Waals surface area (Å²) >= 11 is 0. The quantitative estimate of drug-likeness (QED) is 0.0830. The summed E-state index contributed by atoms with van der Waals surface area (Å²) in [5, 5.41) is 0. The highest BCUT2D eigenvalue weighted by Gasteiger charge is 2.13. The van der Waals surface area contributed by atoms with Crippen LogP contribution in [0.1, 0.15) is 76.3 Å². The smallest absolute Gasteiger partial charge is 0.305 e. The molecule has 0 saturated heterocycles.